The predicted molar refractivity (Wildman–Crippen MR) is 102 cm³/mol. The first-order valence-electron chi connectivity index (χ1n) is 9.20. The van der Waals surface area contributed by atoms with Gasteiger partial charge in [0, 0.05) is 38.2 Å². The number of anilines is 2. The molecule has 2 fully saturated rings. The first kappa shape index (κ1) is 17.1. The molecule has 9 heteroatoms. The Morgan fingerprint density at radius 1 is 1.11 bits per heavy atom. The number of hydrogen-bond acceptors (Lipinski definition) is 8. The summed E-state index contributed by atoms with van der Waals surface area (Å²) in [6.45, 7) is 2.84. The Bertz CT molecular complexity index is 1030. The van der Waals surface area contributed by atoms with Gasteiger partial charge in [-0.05, 0) is 25.0 Å². The maximum atomic E-state index is 9.44. The normalized spacial score (nSPS) is 17.0. The highest BCUT2D eigenvalue weighted by atomic mass is 35.5. The molecular formula is C19H17ClN6O2. The molecule has 1 aliphatic heterocycles. The van der Waals surface area contributed by atoms with Gasteiger partial charge in [-0.3, -0.25) is 0 Å². The van der Waals surface area contributed by atoms with Crippen molar-refractivity contribution in [2.24, 2.45) is 0 Å². The topological polar surface area (TPSA) is 95.2 Å². The van der Waals surface area contributed by atoms with Gasteiger partial charge in [0.05, 0.1) is 6.26 Å². The molecule has 3 aromatic rings. The average molecular weight is 397 g/mol. The fourth-order valence-corrected chi connectivity index (χ4v) is 3.54. The van der Waals surface area contributed by atoms with Crippen molar-refractivity contribution in [3.05, 3.63) is 41.1 Å². The molecular weight excluding hydrogens is 380 g/mol. The molecule has 0 bridgehead atoms. The van der Waals surface area contributed by atoms with Crippen LogP contribution in [0, 0.1) is 11.3 Å². The summed E-state index contributed by atoms with van der Waals surface area (Å²) in [6.07, 6.45) is 3.81. The third-order valence-electron chi connectivity index (χ3n) is 4.98. The Morgan fingerprint density at radius 2 is 1.89 bits per heavy atom. The summed E-state index contributed by atoms with van der Waals surface area (Å²) in [7, 11) is 0. The van der Waals surface area contributed by atoms with Crippen molar-refractivity contribution in [1.82, 2.24) is 15.0 Å². The van der Waals surface area contributed by atoms with E-state index < -0.39 is 0 Å². The third-order valence-corrected chi connectivity index (χ3v) is 5.17. The Balaban J connectivity index is 1.33. The molecule has 8 nitrogen and oxygen atoms in total. The predicted octanol–water partition coefficient (Wildman–Crippen LogP) is 3.45. The smallest absolute Gasteiger partial charge is 0.266 e. The lowest BCUT2D eigenvalue weighted by atomic mass is 10.3. The van der Waals surface area contributed by atoms with Crippen LogP contribution in [-0.4, -0.2) is 41.1 Å². The fraction of sp³-hybridized carbons (Fsp3) is 0.368. The number of rotatable bonds is 4. The van der Waals surface area contributed by atoms with Gasteiger partial charge in [0.2, 0.25) is 11.6 Å². The van der Waals surface area contributed by atoms with E-state index in [1.807, 2.05) is 11.0 Å². The zero-order valence-corrected chi connectivity index (χ0v) is 15.8. The van der Waals surface area contributed by atoms with E-state index in [-0.39, 0.29) is 5.69 Å². The highest BCUT2D eigenvalue weighted by Crippen LogP contribution is 2.39. The SMILES string of the molecule is N#Cc1nc(-c2ccco2)oc1N1CCN(c2cc(Cl)nc(C3CC3)n2)CC1. The van der Waals surface area contributed by atoms with Crippen molar-refractivity contribution >= 4 is 23.3 Å². The summed E-state index contributed by atoms with van der Waals surface area (Å²) < 4.78 is 11.2. The maximum Gasteiger partial charge on any atom is 0.266 e. The van der Waals surface area contributed by atoms with Crippen LogP contribution in [0.1, 0.15) is 30.3 Å². The molecule has 0 aromatic carbocycles. The van der Waals surface area contributed by atoms with E-state index >= 15 is 0 Å². The zero-order chi connectivity index (χ0) is 19.1. The molecule has 0 atom stereocenters. The zero-order valence-electron chi connectivity index (χ0n) is 15.0. The molecule has 28 heavy (non-hydrogen) atoms. The van der Waals surface area contributed by atoms with Crippen LogP contribution in [0.4, 0.5) is 11.7 Å². The Morgan fingerprint density at radius 3 is 2.57 bits per heavy atom. The van der Waals surface area contributed by atoms with Crippen LogP contribution in [0.2, 0.25) is 5.15 Å². The van der Waals surface area contributed by atoms with Crippen LogP contribution < -0.4 is 9.80 Å². The Labute approximate surface area is 166 Å². The quantitative estimate of drug-likeness (QED) is 0.619. The van der Waals surface area contributed by atoms with Gasteiger partial charge in [-0.1, -0.05) is 11.6 Å². The lowest BCUT2D eigenvalue weighted by molar-refractivity contribution is 0.500. The molecule has 0 N–H and O–H groups in total. The molecule has 142 valence electrons. The largest absolute Gasteiger partial charge is 0.459 e. The second-order valence-corrected chi connectivity index (χ2v) is 7.30. The molecule has 0 unspecified atom stereocenters. The van der Waals surface area contributed by atoms with Gasteiger partial charge in [-0.25, -0.2) is 9.97 Å². The van der Waals surface area contributed by atoms with Crippen molar-refractivity contribution in [1.29, 1.82) is 5.26 Å². The summed E-state index contributed by atoms with van der Waals surface area (Å²) in [6, 6.07) is 7.44. The minimum absolute atomic E-state index is 0.265. The number of nitriles is 1. The molecule has 1 saturated carbocycles. The summed E-state index contributed by atoms with van der Waals surface area (Å²) in [5.41, 5.74) is 0.265. The highest BCUT2D eigenvalue weighted by molar-refractivity contribution is 6.29. The Kier molecular flexibility index (Phi) is 4.17. The molecule has 1 aliphatic carbocycles. The van der Waals surface area contributed by atoms with Gasteiger partial charge in [-0.2, -0.15) is 10.2 Å². The minimum atomic E-state index is 0.265. The summed E-state index contributed by atoms with van der Waals surface area (Å²) in [4.78, 5) is 17.5. The molecule has 5 rings (SSSR count). The van der Waals surface area contributed by atoms with Crippen LogP contribution in [-0.2, 0) is 0 Å². The van der Waals surface area contributed by atoms with E-state index in [4.69, 9.17) is 25.4 Å². The minimum Gasteiger partial charge on any atom is -0.459 e. The molecule has 3 aromatic heterocycles. The summed E-state index contributed by atoms with van der Waals surface area (Å²) >= 11 is 6.20. The monoisotopic (exact) mass is 396 g/mol. The maximum absolute atomic E-state index is 9.44. The third kappa shape index (κ3) is 3.18. The number of piperazine rings is 1. The number of oxazole rings is 1. The lowest BCUT2D eigenvalue weighted by Crippen LogP contribution is -2.47. The van der Waals surface area contributed by atoms with Crippen molar-refractivity contribution in [3.63, 3.8) is 0 Å². The van der Waals surface area contributed by atoms with Crippen LogP contribution in [0.3, 0.4) is 0 Å². The number of nitrogens with zero attached hydrogens (tertiary/aromatic N) is 6. The molecule has 4 heterocycles. The van der Waals surface area contributed by atoms with E-state index in [2.05, 4.69) is 20.9 Å². The van der Waals surface area contributed by atoms with Gasteiger partial charge < -0.3 is 18.6 Å². The van der Waals surface area contributed by atoms with Crippen molar-refractivity contribution in [2.75, 3.05) is 36.0 Å². The standard InChI is InChI=1S/C19H17ClN6O2/c20-15-10-16(24-17(23-15)12-3-4-12)25-5-7-26(8-6-25)19-13(11-21)22-18(28-19)14-2-1-9-27-14/h1-2,9-10,12H,3-8H2. The van der Waals surface area contributed by atoms with Crippen molar-refractivity contribution < 1.29 is 8.83 Å². The Hall–Kier alpha value is -3.05. The van der Waals surface area contributed by atoms with Gasteiger partial charge in [0.1, 0.15) is 22.9 Å². The van der Waals surface area contributed by atoms with Crippen molar-refractivity contribution in [3.8, 4) is 17.7 Å². The van der Waals surface area contributed by atoms with Crippen LogP contribution in [0.5, 0.6) is 0 Å². The van der Waals surface area contributed by atoms with Gasteiger partial charge in [-0.15, -0.1) is 0 Å². The summed E-state index contributed by atoms with van der Waals surface area (Å²) in [5, 5.41) is 9.92. The molecule has 2 aliphatic rings. The second-order valence-electron chi connectivity index (χ2n) is 6.92. The number of hydrogen-bond donors (Lipinski definition) is 0. The highest BCUT2D eigenvalue weighted by Gasteiger charge is 2.29. The first-order valence-corrected chi connectivity index (χ1v) is 9.58. The van der Waals surface area contributed by atoms with Crippen LogP contribution in [0.25, 0.3) is 11.7 Å². The van der Waals surface area contributed by atoms with E-state index in [1.165, 1.54) is 0 Å². The van der Waals surface area contributed by atoms with E-state index in [0.29, 0.717) is 41.7 Å². The number of halogens is 1. The average Bonchev–Trinajstić information content (AvgIpc) is 3.25. The molecule has 0 spiro atoms. The summed E-state index contributed by atoms with van der Waals surface area (Å²) in [5.74, 6) is 3.45. The van der Waals surface area contributed by atoms with Gasteiger partial charge in [0.25, 0.3) is 5.89 Å². The number of furan rings is 1. The lowest BCUT2D eigenvalue weighted by Gasteiger charge is -2.35. The van der Waals surface area contributed by atoms with E-state index in [1.54, 1.807) is 18.4 Å². The fourth-order valence-electron chi connectivity index (χ4n) is 3.35. The molecule has 0 amide bonds. The van der Waals surface area contributed by atoms with Crippen molar-refractivity contribution in [2.45, 2.75) is 18.8 Å². The number of aromatic nitrogens is 3. The van der Waals surface area contributed by atoms with E-state index in [0.717, 1.165) is 37.6 Å². The molecule has 1 saturated heterocycles. The van der Waals surface area contributed by atoms with Crippen LogP contribution >= 0.6 is 11.6 Å². The van der Waals surface area contributed by atoms with Gasteiger partial charge >= 0.3 is 0 Å². The van der Waals surface area contributed by atoms with Gasteiger partial charge in [0.15, 0.2) is 5.76 Å². The molecule has 0 radical (unpaired) electrons. The second kappa shape index (κ2) is 6.84. The first-order chi connectivity index (χ1) is 13.7. The van der Waals surface area contributed by atoms with E-state index in [9.17, 15) is 5.26 Å². The van der Waals surface area contributed by atoms with Crippen LogP contribution in [0.15, 0.2) is 33.3 Å².